The topological polar surface area (TPSA) is 83.6 Å². The summed E-state index contributed by atoms with van der Waals surface area (Å²) in [6, 6.07) is 8.44. The van der Waals surface area contributed by atoms with Crippen molar-refractivity contribution in [2.75, 3.05) is 42.9 Å². The number of fused-ring (bicyclic) bond motifs is 2. The van der Waals surface area contributed by atoms with Gasteiger partial charge in [0.25, 0.3) is 0 Å². The maximum Gasteiger partial charge on any atom is 0.242 e. The van der Waals surface area contributed by atoms with Crippen molar-refractivity contribution in [3.63, 3.8) is 0 Å². The maximum absolute atomic E-state index is 13.2. The second-order valence-corrected chi connectivity index (χ2v) is 9.98. The Labute approximate surface area is 229 Å². The summed E-state index contributed by atoms with van der Waals surface area (Å²) in [4.78, 5) is 30.2. The summed E-state index contributed by atoms with van der Waals surface area (Å²) < 4.78 is 4.14. The van der Waals surface area contributed by atoms with Crippen molar-refractivity contribution in [3.05, 3.63) is 71.5 Å². The van der Waals surface area contributed by atoms with Gasteiger partial charge in [0, 0.05) is 80.2 Å². The highest BCUT2D eigenvalue weighted by atomic mass is 35.5. The molecule has 5 aromatic rings. The lowest BCUT2D eigenvalue weighted by molar-refractivity contribution is -0.129. The second-order valence-electron chi connectivity index (χ2n) is 9.16. The number of aromatic nitrogens is 5. The van der Waals surface area contributed by atoms with Crippen LogP contribution in [-0.2, 0) is 11.3 Å². The van der Waals surface area contributed by atoms with E-state index in [2.05, 4.69) is 62.1 Å². The molecule has 6 rings (SSSR count). The zero-order chi connectivity index (χ0) is 26.2. The van der Waals surface area contributed by atoms with Gasteiger partial charge in [-0.05, 0) is 25.1 Å². The summed E-state index contributed by atoms with van der Waals surface area (Å²) in [5.41, 5.74) is 4.42. The Morgan fingerprint density at radius 3 is 2.55 bits per heavy atom. The van der Waals surface area contributed by atoms with E-state index >= 15 is 0 Å². The number of imidazole rings is 1. The third-order valence-corrected chi connectivity index (χ3v) is 7.55. The van der Waals surface area contributed by atoms with Gasteiger partial charge in [0.05, 0.1) is 28.5 Å². The second kappa shape index (κ2) is 10.2. The van der Waals surface area contributed by atoms with Gasteiger partial charge in [0.15, 0.2) is 5.65 Å². The number of nitrogens with zero attached hydrogens (tertiary/aromatic N) is 7. The van der Waals surface area contributed by atoms with Crippen molar-refractivity contribution >= 4 is 57.2 Å². The number of amides is 1. The first-order valence-electron chi connectivity index (χ1n) is 12.5. The van der Waals surface area contributed by atoms with Crippen LogP contribution in [-0.4, -0.2) is 67.5 Å². The molecule has 0 atom stereocenters. The highest BCUT2D eigenvalue weighted by Gasteiger charge is 2.25. The fourth-order valence-electron chi connectivity index (χ4n) is 5.06. The fourth-order valence-corrected chi connectivity index (χ4v) is 5.66. The van der Waals surface area contributed by atoms with Gasteiger partial charge >= 0.3 is 0 Å². The van der Waals surface area contributed by atoms with E-state index in [4.69, 9.17) is 28.2 Å². The van der Waals surface area contributed by atoms with E-state index in [-0.39, 0.29) is 12.5 Å². The van der Waals surface area contributed by atoms with E-state index in [1.165, 1.54) is 5.52 Å². The van der Waals surface area contributed by atoms with Crippen LogP contribution in [0.15, 0.2) is 61.4 Å². The van der Waals surface area contributed by atoms with Gasteiger partial charge in [-0.15, -0.1) is 0 Å². The largest absolute Gasteiger partial charge is 0.365 e. The molecule has 1 aromatic carbocycles. The predicted octanol–water partition coefficient (Wildman–Crippen LogP) is 4.83. The zero-order valence-electron chi connectivity index (χ0n) is 20.8. The summed E-state index contributed by atoms with van der Waals surface area (Å²) >= 11 is 12.7. The van der Waals surface area contributed by atoms with E-state index in [0.717, 1.165) is 34.7 Å². The van der Waals surface area contributed by atoms with Crippen LogP contribution in [0.2, 0.25) is 10.0 Å². The molecule has 1 fully saturated rings. The molecule has 11 heteroatoms. The van der Waals surface area contributed by atoms with Crippen molar-refractivity contribution in [1.29, 1.82) is 0 Å². The molecule has 0 bridgehead atoms. The molecule has 0 unspecified atom stereocenters. The number of aryl methyl sites for hydroxylation is 1. The van der Waals surface area contributed by atoms with Crippen molar-refractivity contribution in [2.45, 2.75) is 13.5 Å². The summed E-state index contributed by atoms with van der Waals surface area (Å²) in [5.74, 6) is 0.779. The molecular formula is C27H26Cl2N8O. The molecule has 0 aliphatic carbocycles. The first-order valence-corrected chi connectivity index (χ1v) is 13.3. The van der Waals surface area contributed by atoms with E-state index in [9.17, 15) is 4.79 Å². The Kier molecular flexibility index (Phi) is 6.55. The lowest BCUT2D eigenvalue weighted by Crippen LogP contribution is -2.50. The summed E-state index contributed by atoms with van der Waals surface area (Å²) in [5, 5.41) is 5.54. The number of rotatable bonds is 6. The average molecular weight is 549 g/mol. The normalized spacial score (nSPS) is 14.0. The third kappa shape index (κ3) is 4.41. The van der Waals surface area contributed by atoms with E-state index in [1.54, 1.807) is 24.8 Å². The Morgan fingerprint density at radius 1 is 1.00 bits per heavy atom. The SMILES string of the molecule is CCn1ccc2cc(-c3nc4cnccn4c3NCC(=O)N3CCN(c4c(Cl)cncc4Cl)CC3)ccc21. The molecule has 0 radical (unpaired) electrons. The lowest BCUT2D eigenvalue weighted by atomic mass is 10.1. The maximum atomic E-state index is 13.2. The monoisotopic (exact) mass is 548 g/mol. The van der Waals surface area contributed by atoms with Crippen molar-refractivity contribution < 1.29 is 4.79 Å². The zero-order valence-corrected chi connectivity index (χ0v) is 22.3. The molecule has 1 saturated heterocycles. The van der Waals surface area contributed by atoms with Crippen LogP contribution in [0.3, 0.4) is 0 Å². The highest BCUT2D eigenvalue weighted by molar-refractivity contribution is 6.38. The molecule has 1 amide bonds. The van der Waals surface area contributed by atoms with Gasteiger partial charge in [0.1, 0.15) is 11.5 Å². The number of pyridine rings is 1. The first kappa shape index (κ1) is 24.5. The Morgan fingerprint density at radius 2 is 1.79 bits per heavy atom. The minimum atomic E-state index is 0.0157. The molecule has 0 spiro atoms. The number of piperazine rings is 1. The molecule has 194 valence electrons. The van der Waals surface area contributed by atoms with Crippen LogP contribution in [0, 0.1) is 0 Å². The smallest absolute Gasteiger partial charge is 0.242 e. The Bertz CT molecular complexity index is 1620. The molecule has 9 nitrogen and oxygen atoms in total. The van der Waals surface area contributed by atoms with Crippen LogP contribution in [0.4, 0.5) is 11.5 Å². The number of benzene rings is 1. The van der Waals surface area contributed by atoms with Gasteiger partial charge in [-0.3, -0.25) is 19.2 Å². The highest BCUT2D eigenvalue weighted by Crippen LogP contribution is 2.33. The van der Waals surface area contributed by atoms with E-state index in [0.29, 0.717) is 41.9 Å². The molecule has 1 aliphatic rings. The van der Waals surface area contributed by atoms with Gasteiger partial charge in [-0.25, -0.2) is 4.98 Å². The Balaban J connectivity index is 1.20. The number of anilines is 2. The van der Waals surface area contributed by atoms with Crippen LogP contribution in [0.25, 0.3) is 27.8 Å². The van der Waals surface area contributed by atoms with E-state index in [1.807, 2.05) is 15.5 Å². The molecule has 38 heavy (non-hydrogen) atoms. The van der Waals surface area contributed by atoms with E-state index < -0.39 is 0 Å². The Hall–Kier alpha value is -3.82. The summed E-state index contributed by atoms with van der Waals surface area (Å²) in [7, 11) is 0. The molecule has 0 saturated carbocycles. The number of hydrogen-bond acceptors (Lipinski definition) is 6. The third-order valence-electron chi connectivity index (χ3n) is 7.00. The van der Waals surface area contributed by atoms with Crippen LogP contribution >= 0.6 is 23.2 Å². The van der Waals surface area contributed by atoms with Crippen molar-refractivity contribution in [3.8, 4) is 11.3 Å². The number of hydrogen-bond donors (Lipinski definition) is 1. The van der Waals surface area contributed by atoms with Gasteiger partial charge in [0.2, 0.25) is 5.91 Å². The number of carbonyl (C=O) groups excluding carboxylic acids is 1. The number of halogens is 2. The van der Waals surface area contributed by atoms with Crippen molar-refractivity contribution in [1.82, 2.24) is 28.8 Å². The molecular weight excluding hydrogens is 523 g/mol. The van der Waals surface area contributed by atoms with Crippen LogP contribution in [0.5, 0.6) is 0 Å². The molecule has 1 aliphatic heterocycles. The standard InChI is InChI=1S/C27H26Cl2N8O/c1-2-34-7-5-18-13-19(3-4-22(18)34)25-27(37-8-6-30-16-23(37)33-25)32-17-24(38)35-9-11-36(12-10-35)26-20(28)14-31-15-21(26)29/h3-8,13-16,32H,2,9-12,17H2,1H3. The molecule has 1 N–H and O–H groups in total. The first-order chi connectivity index (χ1) is 18.5. The number of nitrogens with one attached hydrogen (secondary N) is 1. The summed E-state index contributed by atoms with van der Waals surface area (Å²) in [6.07, 6.45) is 10.6. The number of carbonyl (C=O) groups is 1. The minimum absolute atomic E-state index is 0.0157. The minimum Gasteiger partial charge on any atom is -0.365 e. The van der Waals surface area contributed by atoms with Crippen LogP contribution < -0.4 is 10.2 Å². The predicted molar refractivity (Wildman–Crippen MR) is 151 cm³/mol. The molecule has 4 aromatic heterocycles. The van der Waals surface area contributed by atoms with Gasteiger partial charge in [-0.2, -0.15) is 0 Å². The quantitative estimate of drug-likeness (QED) is 0.327. The van der Waals surface area contributed by atoms with Crippen molar-refractivity contribution in [2.24, 2.45) is 0 Å². The van der Waals surface area contributed by atoms with Gasteiger partial charge < -0.3 is 19.7 Å². The molecule has 5 heterocycles. The van der Waals surface area contributed by atoms with Gasteiger partial charge in [-0.1, -0.05) is 29.3 Å². The van der Waals surface area contributed by atoms with Crippen LogP contribution in [0.1, 0.15) is 6.92 Å². The lowest BCUT2D eigenvalue weighted by Gasteiger charge is -2.36. The average Bonchev–Trinajstić information content (AvgIpc) is 3.52. The fraction of sp³-hybridized carbons (Fsp3) is 0.259. The summed E-state index contributed by atoms with van der Waals surface area (Å²) in [6.45, 7) is 5.61.